The average Bonchev–Trinajstić information content (AvgIpc) is 2.98. The van der Waals surface area contributed by atoms with Crippen molar-refractivity contribution >= 4 is 22.7 Å². The van der Waals surface area contributed by atoms with Gasteiger partial charge in [-0.15, -0.1) is 0 Å². The van der Waals surface area contributed by atoms with Gasteiger partial charge in [0, 0.05) is 35.3 Å². The summed E-state index contributed by atoms with van der Waals surface area (Å²) in [5.74, 6) is 0.162. The van der Waals surface area contributed by atoms with Gasteiger partial charge in [0.15, 0.2) is 5.78 Å². The van der Waals surface area contributed by atoms with Crippen molar-refractivity contribution in [1.82, 2.24) is 4.57 Å². The van der Waals surface area contributed by atoms with Crippen molar-refractivity contribution in [3.8, 4) is 5.75 Å². The number of esters is 1. The van der Waals surface area contributed by atoms with Gasteiger partial charge in [0.1, 0.15) is 12.4 Å². The van der Waals surface area contributed by atoms with Crippen LogP contribution in [0.3, 0.4) is 0 Å². The maximum atomic E-state index is 12.6. The molecule has 0 N–H and O–H groups in total. The van der Waals surface area contributed by atoms with E-state index in [0.717, 1.165) is 10.9 Å². The zero-order valence-corrected chi connectivity index (χ0v) is 15.1. The Kier molecular flexibility index (Phi) is 5.07. The summed E-state index contributed by atoms with van der Waals surface area (Å²) >= 11 is 0. The van der Waals surface area contributed by atoms with Crippen LogP contribution >= 0.6 is 0 Å². The molecule has 0 aliphatic rings. The van der Waals surface area contributed by atoms with Crippen LogP contribution in [0.2, 0.25) is 0 Å². The smallest absolute Gasteiger partial charge is 0.340 e. The summed E-state index contributed by atoms with van der Waals surface area (Å²) < 4.78 is 13.0. The van der Waals surface area contributed by atoms with Gasteiger partial charge in [-0.2, -0.15) is 0 Å². The van der Waals surface area contributed by atoms with Crippen LogP contribution in [0.1, 0.15) is 40.1 Å². The highest BCUT2D eigenvalue weighted by molar-refractivity contribution is 6.04. The Labute approximate surface area is 152 Å². The van der Waals surface area contributed by atoms with Crippen molar-refractivity contribution in [2.45, 2.75) is 20.5 Å². The van der Waals surface area contributed by atoms with E-state index in [-0.39, 0.29) is 12.4 Å². The van der Waals surface area contributed by atoms with E-state index in [4.69, 9.17) is 9.47 Å². The number of ketones is 1. The molecule has 5 nitrogen and oxygen atoms in total. The van der Waals surface area contributed by atoms with Crippen LogP contribution in [0.15, 0.2) is 48.7 Å². The Balaban J connectivity index is 1.84. The topological polar surface area (TPSA) is 57.5 Å². The number of ether oxygens (including phenoxy) is 2. The fourth-order valence-corrected chi connectivity index (χ4v) is 2.93. The number of benzene rings is 2. The molecule has 0 aliphatic carbocycles. The van der Waals surface area contributed by atoms with E-state index in [9.17, 15) is 9.59 Å². The lowest BCUT2D eigenvalue weighted by Gasteiger charge is -2.12. The molecular weight excluding hydrogens is 330 g/mol. The first-order valence-corrected chi connectivity index (χ1v) is 8.49. The summed E-state index contributed by atoms with van der Waals surface area (Å²) in [6, 6.07) is 12.8. The van der Waals surface area contributed by atoms with Gasteiger partial charge in [0.25, 0.3) is 0 Å². The lowest BCUT2D eigenvalue weighted by Crippen LogP contribution is -2.07. The number of fused-ring (bicyclic) bond motifs is 1. The van der Waals surface area contributed by atoms with Gasteiger partial charge in [-0.1, -0.05) is 18.2 Å². The van der Waals surface area contributed by atoms with Crippen LogP contribution in [0.4, 0.5) is 0 Å². The first-order chi connectivity index (χ1) is 12.5. The minimum absolute atomic E-state index is 0.0402. The predicted molar refractivity (Wildman–Crippen MR) is 99.7 cm³/mol. The summed E-state index contributed by atoms with van der Waals surface area (Å²) in [5, 5.41) is 0.850. The third-order valence-electron chi connectivity index (χ3n) is 4.24. The maximum absolute atomic E-state index is 12.6. The Morgan fingerprint density at radius 1 is 1.12 bits per heavy atom. The van der Waals surface area contributed by atoms with E-state index < -0.39 is 5.97 Å². The molecule has 5 heteroatoms. The van der Waals surface area contributed by atoms with Crippen LogP contribution in [0.25, 0.3) is 10.9 Å². The lowest BCUT2D eigenvalue weighted by molar-refractivity contribution is 0.0472. The fourth-order valence-electron chi connectivity index (χ4n) is 2.93. The molecule has 0 amide bonds. The maximum Gasteiger partial charge on any atom is 0.340 e. The Morgan fingerprint density at radius 3 is 2.62 bits per heavy atom. The number of para-hydroxylation sites is 1. The largest absolute Gasteiger partial charge is 0.493 e. The second kappa shape index (κ2) is 7.44. The molecule has 1 aromatic heterocycles. The summed E-state index contributed by atoms with van der Waals surface area (Å²) in [7, 11) is 1.89. The van der Waals surface area contributed by atoms with Crippen LogP contribution < -0.4 is 4.74 Å². The number of aromatic nitrogens is 1. The van der Waals surface area contributed by atoms with Gasteiger partial charge in [-0.3, -0.25) is 4.79 Å². The number of hydrogen-bond acceptors (Lipinski definition) is 4. The van der Waals surface area contributed by atoms with Crippen molar-refractivity contribution in [1.29, 1.82) is 0 Å². The lowest BCUT2D eigenvalue weighted by atomic mass is 10.1. The molecule has 0 fully saturated rings. The summed E-state index contributed by atoms with van der Waals surface area (Å²) in [6.45, 7) is 3.91. The van der Waals surface area contributed by atoms with Crippen molar-refractivity contribution in [2.24, 2.45) is 7.05 Å². The van der Waals surface area contributed by atoms with E-state index in [1.165, 1.54) is 6.92 Å². The monoisotopic (exact) mass is 351 g/mol. The molecule has 0 aliphatic heterocycles. The first kappa shape index (κ1) is 17.7. The number of aryl methyl sites for hydroxylation is 1. The molecule has 0 bridgehead atoms. The molecule has 0 unspecified atom stereocenters. The van der Waals surface area contributed by atoms with Crippen LogP contribution in [0.5, 0.6) is 5.75 Å². The number of nitrogens with zero attached hydrogens (tertiary/aromatic N) is 1. The van der Waals surface area contributed by atoms with E-state index in [1.54, 1.807) is 24.4 Å². The second-order valence-electron chi connectivity index (χ2n) is 6.06. The Bertz CT molecular complexity index is 971. The molecule has 3 aromatic rings. The molecule has 0 saturated carbocycles. The molecule has 26 heavy (non-hydrogen) atoms. The SMILES string of the molecule is CCOc1ccc(C(C)=O)cc1COC(=O)c1cn(C)c2ccccc12. The van der Waals surface area contributed by atoms with E-state index >= 15 is 0 Å². The second-order valence-corrected chi connectivity index (χ2v) is 6.06. The van der Waals surface area contributed by atoms with Gasteiger partial charge < -0.3 is 14.0 Å². The number of carbonyl (C=O) groups is 2. The Hall–Kier alpha value is -3.08. The molecular formula is C21H21NO4. The van der Waals surface area contributed by atoms with Crippen LogP contribution in [-0.4, -0.2) is 22.9 Å². The van der Waals surface area contributed by atoms with Crippen molar-refractivity contribution in [3.05, 3.63) is 65.4 Å². The number of hydrogen-bond donors (Lipinski definition) is 0. The molecule has 0 atom stereocenters. The zero-order valence-electron chi connectivity index (χ0n) is 15.1. The summed E-state index contributed by atoms with van der Waals surface area (Å²) in [4.78, 5) is 24.2. The highest BCUT2D eigenvalue weighted by Gasteiger charge is 2.16. The molecule has 0 saturated heterocycles. The van der Waals surface area contributed by atoms with Gasteiger partial charge in [0.2, 0.25) is 0 Å². The van der Waals surface area contributed by atoms with Crippen molar-refractivity contribution in [3.63, 3.8) is 0 Å². The normalized spacial score (nSPS) is 10.7. The minimum atomic E-state index is -0.405. The van der Waals surface area contributed by atoms with Crippen molar-refractivity contribution in [2.75, 3.05) is 6.61 Å². The minimum Gasteiger partial charge on any atom is -0.493 e. The molecule has 3 rings (SSSR count). The zero-order chi connectivity index (χ0) is 18.7. The molecule has 0 spiro atoms. The number of rotatable bonds is 6. The number of carbonyl (C=O) groups excluding carboxylic acids is 2. The average molecular weight is 351 g/mol. The third-order valence-corrected chi connectivity index (χ3v) is 4.24. The van der Waals surface area contributed by atoms with Crippen LogP contribution in [-0.2, 0) is 18.4 Å². The third kappa shape index (κ3) is 3.47. The van der Waals surface area contributed by atoms with Gasteiger partial charge in [0.05, 0.1) is 12.2 Å². The van der Waals surface area contributed by atoms with Gasteiger partial charge >= 0.3 is 5.97 Å². The van der Waals surface area contributed by atoms with E-state index in [1.807, 2.05) is 42.8 Å². The molecule has 1 heterocycles. The summed E-state index contributed by atoms with van der Waals surface area (Å²) in [5.41, 5.74) is 2.72. The number of Topliss-reactive ketones (excluding diaryl/α,β-unsaturated/α-hetero) is 1. The van der Waals surface area contributed by atoms with Gasteiger partial charge in [-0.05, 0) is 38.1 Å². The quantitative estimate of drug-likeness (QED) is 0.495. The Morgan fingerprint density at radius 2 is 1.88 bits per heavy atom. The standard InChI is InChI=1S/C21H21NO4/c1-4-25-20-10-9-15(14(2)23)11-16(20)13-26-21(24)18-12-22(3)19-8-6-5-7-17(18)19/h5-12H,4,13H2,1-3H3. The predicted octanol–water partition coefficient (Wildman–Crippen LogP) is 4.14. The first-order valence-electron chi connectivity index (χ1n) is 8.49. The molecule has 0 radical (unpaired) electrons. The van der Waals surface area contributed by atoms with Gasteiger partial charge in [-0.25, -0.2) is 4.79 Å². The van der Waals surface area contributed by atoms with Crippen LogP contribution in [0, 0.1) is 0 Å². The highest BCUT2D eigenvalue weighted by atomic mass is 16.5. The fraction of sp³-hybridized carbons (Fsp3) is 0.238. The molecule has 2 aromatic carbocycles. The molecule has 134 valence electrons. The van der Waals surface area contributed by atoms with E-state index in [2.05, 4.69) is 0 Å². The summed E-state index contributed by atoms with van der Waals surface area (Å²) in [6.07, 6.45) is 1.77. The van der Waals surface area contributed by atoms with Crippen molar-refractivity contribution < 1.29 is 19.1 Å². The highest BCUT2D eigenvalue weighted by Crippen LogP contribution is 2.24. The van der Waals surface area contributed by atoms with E-state index in [0.29, 0.717) is 29.0 Å².